The molecular formula is C12H13N3O2S. The summed E-state index contributed by atoms with van der Waals surface area (Å²) in [5.41, 5.74) is 3.16. The van der Waals surface area contributed by atoms with Crippen LogP contribution in [-0.4, -0.2) is 18.4 Å². The quantitative estimate of drug-likeness (QED) is 0.885. The number of nitrogens with one attached hydrogen (secondary N) is 2. The fourth-order valence-electron chi connectivity index (χ4n) is 2.24. The highest BCUT2D eigenvalue weighted by Crippen LogP contribution is 2.25. The Labute approximate surface area is 105 Å². The number of nitrogens with zero attached hydrogens (tertiary/aromatic N) is 1. The van der Waals surface area contributed by atoms with Gasteiger partial charge in [-0.3, -0.25) is 4.72 Å². The van der Waals surface area contributed by atoms with Crippen molar-refractivity contribution in [2.45, 2.75) is 24.3 Å². The summed E-state index contributed by atoms with van der Waals surface area (Å²) in [7, 11) is -3.56. The van der Waals surface area contributed by atoms with Crippen LogP contribution in [0.4, 0.5) is 5.69 Å². The maximum Gasteiger partial charge on any atom is 0.278 e. The lowest BCUT2D eigenvalue weighted by Crippen LogP contribution is -2.13. The highest BCUT2D eigenvalue weighted by Gasteiger charge is 2.17. The molecule has 6 heteroatoms. The minimum absolute atomic E-state index is 0.0722. The number of H-pyrrole nitrogens is 1. The van der Waals surface area contributed by atoms with Crippen LogP contribution in [0.1, 0.15) is 17.5 Å². The molecule has 1 aromatic heterocycles. The van der Waals surface area contributed by atoms with Crippen LogP contribution < -0.4 is 4.72 Å². The van der Waals surface area contributed by atoms with E-state index in [0.717, 1.165) is 19.3 Å². The van der Waals surface area contributed by atoms with E-state index in [4.69, 9.17) is 0 Å². The van der Waals surface area contributed by atoms with E-state index in [1.54, 1.807) is 6.07 Å². The van der Waals surface area contributed by atoms with E-state index in [1.165, 1.54) is 23.7 Å². The molecule has 3 rings (SSSR count). The van der Waals surface area contributed by atoms with Crippen LogP contribution >= 0.6 is 0 Å². The fraction of sp³-hybridized carbons (Fsp3) is 0.250. The Kier molecular flexibility index (Phi) is 2.59. The molecule has 0 saturated carbocycles. The van der Waals surface area contributed by atoms with Gasteiger partial charge in [0.2, 0.25) is 0 Å². The number of rotatable bonds is 3. The first kappa shape index (κ1) is 11.3. The largest absolute Gasteiger partial charge is 0.334 e. The Morgan fingerprint density at radius 1 is 1.22 bits per heavy atom. The van der Waals surface area contributed by atoms with Crippen LogP contribution in [-0.2, 0) is 22.9 Å². The van der Waals surface area contributed by atoms with Crippen molar-refractivity contribution in [3.05, 3.63) is 41.9 Å². The number of hydrogen-bond acceptors (Lipinski definition) is 3. The number of hydrogen-bond donors (Lipinski definition) is 2. The van der Waals surface area contributed by atoms with E-state index < -0.39 is 10.0 Å². The minimum atomic E-state index is -3.56. The second-order valence-electron chi connectivity index (χ2n) is 4.36. The molecule has 0 bridgehead atoms. The van der Waals surface area contributed by atoms with Gasteiger partial charge in [0.05, 0.1) is 12.5 Å². The molecule has 0 radical (unpaired) electrons. The average molecular weight is 263 g/mol. The summed E-state index contributed by atoms with van der Waals surface area (Å²) in [5.74, 6) is 0. The smallest absolute Gasteiger partial charge is 0.278 e. The molecule has 2 N–H and O–H groups in total. The van der Waals surface area contributed by atoms with Crippen LogP contribution in [0, 0.1) is 0 Å². The van der Waals surface area contributed by atoms with Gasteiger partial charge < -0.3 is 4.98 Å². The summed E-state index contributed by atoms with van der Waals surface area (Å²) in [6.45, 7) is 0. The van der Waals surface area contributed by atoms with Crippen molar-refractivity contribution in [3.8, 4) is 0 Å². The van der Waals surface area contributed by atoms with Crippen LogP contribution in [0.3, 0.4) is 0 Å². The zero-order valence-electron chi connectivity index (χ0n) is 9.68. The van der Waals surface area contributed by atoms with Gasteiger partial charge in [-0.25, -0.2) is 4.98 Å². The molecule has 0 saturated heterocycles. The Morgan fingerprint density at radius 3 is 2.83 bits per heavy atom. The molecule has 0 spiro atoms. The summed E-state index contributed by atoms with van der Waals surface area (Å²) in [6.07, 6.45) is 5.89. The minimum Gasteiger partial charge on any atom is -0.334 e. The average Bonchev–Trinajstić information content (AvgIpc) is 2.99. The van der Waals surface area contributed by atoms with Crippen molar-refractivity contribution >= 4 is 15.7 Å². The topological polar surface area (TPSA) is 74.8 Å². The van der Waals surface area contributed by atoms with Gasteiger partial charge in [0.1, 0.15) is 0 Å². The third-order valence-corrected chi connectivity index (χ3v) is 4.42. The molecule has 1 aromatic carbocycles. The number of benzene rings is 1. The van der Waals surface area contributed by atoms with Crippen molar-refractivity contribution in [1.29, 1.82) is 0 Å². The van der Waals surface area contributed by atoms with E-state index in [2.05, 4.69) is 14.7 Å². The first-order chi connectivity index (χ1) is 8.65. The Bertz CT molecular complexity index is 663. The lowest BCUT2D eigenvalue weighted by molar-refractivity contribution is 0.598. The lowest BCUT2D eigenvalue weighted by atomic mass is 10.1. The van der Waals surface area contributed by atoms with E-state index in [1.807, 2.05) is 12.1 Å². The molecule has 0 aliphatic heterocycles. The third-order valence-electron chi connectivity index (χ3n) is 3.11. The summed E-state index contributed by atoms with van der Waals surface area (Å²) >= 11 is 0. The SMILES string of the molecule is O=S(=O)(Nc1ccc2c(c1)CCC2)c1cnc[nH]1. The zero-order chi connectivity index (χ0) is 12.6. The highest BCUT2D eigenvalue weighted by atomic mass is 32.2. The molecule has 5 nitrogen and oxygen atoms in total. The maximum atomic E-state index is 12.0. The maximum absolute atomic E-state index is 12.0. The molecule has 94 valence electrons. The third kappa shape index (κ3) is 1.99. The van der Waals surface area contributed by atoms with E-state index in [-0.39, 0.29) is 5.03 Å². The van der Waals surface area contributed by atoms with Crippen LogP contribution in [0.15, 0.2) is 35.7 Å². The van der Waals surface area contributed by atoms with Gasteiger partial charge in [-0.1, -0.05) is 6.07 Å². The number of aromatic nitrogens is 2. The molecular weight excluding hydrogens is 250 g/mol. The zero-order valence-corrected chi connectivity index (χ0v) is 10.5. The summed E-state index contributed by atoms with van der Waals surface area (Å²) < 4.78 is 26.5. The van der Waals surface area contributed by atoms with E-state index in [0.29, 0.717) is 5.69 Å². The first-order valence-corrected chi connectivity index (χ1v) is 7.26. The van der Waals surface area contributed by atoms with Crippen molar-refractivity contribution in [2.75, 3.05) is 4.72 Å². The van der Waals surface area contributed by atoms with Crippen LogP contribution in [0.5, 0.6) is 0 Å². The van der Waals surface area contributed by atoms with Gasteiger partial charge in [0.15, 0.2) is 5.03 Å². The lowest BCUT2D eigenvalue weighted by Gasteiger charge is -2.08. The highest BCUT2D eigenvalue weighted by molar-refractivity contribution is 7.92. The van der Waals surface area contributed by atoms with Crippen molar-refractivity contribution in [1.82, 2.24) is 9.97 Å². The van der Waals surface area contributed by atoms with Gasteiger partial charge in [0.25, 0.3) is 10.0 Å². The molecule has 0 unspecified atom stereocenters. The summed E-state index contributed by atoms with van der Waals surface area (Å²) in [5, 5.41) is 0.0722. The molecule has 0 atom stereocenters. The van der Waals surface area contributed by atoms with Gasteiger partial charge in [0, 0.05) is 5.69 Å². The molecule has 0 amide bonds. The second-order valence-corrected chi connectivity index (χ2v) is 6.01. The Hall–Kier alpha value is -1.82. The van der Waals surface area contributed by atoms with E-state index >= 15 is 0 Å². The normalized spacial score (nSPS) is 14.4. The number of anilines is 1. The molecule has 0 fully saturated rings. The number of sulfonamides is 1. The molecule has 1 aliphatic carbocycles. The van der Waals surface area contributed by atoms with Gasteiger partial charge in [-0.05, 0) is 42.5 Å². The molecule has 2 aromatic rings. The predicted octanol–water partition coefficient (Wildman–Crippen LogP) is 1.70. The summed E-state index contributed by atoms with van der Waals surface area (Å²) in [6, 6.07) is 5.71. The number of imidazole rings is 1. The monoisotopic (exact) mass is 263 g/mol. The van der Waals surface area contributed by atoms with Crippen molar-refractivity contribution in [3.63, 3.8) is 0 Å². The van der Waals surface area contributed by atoms with Gasteiger partial charge in [-0.2, -0.15) is 8.42 Å². The number of aromatic amines is 1. The Balaban J connectivity index is 1.89. The van der Waals surface area contributed by atoms with E-state index in [9.17, 15) is 8.42 Å². The van der Waals surface area contributed by atoms with Crippen LogP contribution in [0.25, 0.3) is 0 Å². The van der Waals surface area contributed by atoms with Crippen molar-refractivity contribution in [2.24, 2.45) is 0 Å². The first-order valence-electron chi connectivity index (χ1n) is 5.78. The van der Waals surface area contributed by atoms with Crippen molar-refractivity contribution < 1.29 is 8.42 Å². The number of fused-ring (bicyclic) bond motifs is 1. The Morgan fingerprint density at radius 2 is 2.06 bits per heavy atom. The fourth-order valence-corrected chi connectivity index (χ4v) is 3.19. The molecule has 1 heterocycles. The predicted molar refractivity (Wildman–Crippen MR) is 67.9 cm³/mol. The van der Waals surface area contributed by atoms with Gasteiger partial charge >= 0.3 is 0 Å². The number of aryl methyl sites for hydroxylation is 2. The van der Waals surface area contributed by atoms with Crippen LogP contribution in [0.2, 0.25) is 0 Å². The van der Waals surface area contributed by atoms with Gasteiger partial charge in [-0.15, -0.1) is 0 Å². The standard InChI is InChI=1S/C12H13N3O2S/c16-18(17,12-7-13-8-14-12)15-11-5-4-9-2-1-3-10(9)6-11/h4-8,15H,1-3H2,(H,13,14). The molecule has 1 aliphatic rings. The molecule has 18 heavy (non-hydrogen) atoms. The second kappa shape index (κ2) is 4.13. The summed E-state index contributed by atoms with van der Waals surface area (Å²) in [4.78, 5) is 6.30.